The monoisotopic (exact) mass is 434 g/mol. The predicted molar refractivity (Wildman–Crippen MR) is 115 cm³/mol. The summed E-state index contributed by atoms with van der Waals surface area (Å²) in [5.74, 6) is 2.13. The molecule has 4 aliphatic rings. The van der Waals surface area contributed by atoms with E-state index in [1.54, 1.807) is 12.3 Å². The fraction of sp³-hybridized carbons (Fsp3) is 0.783. The molecule has 0 saturated heterocycles. The molecule has 0 aliphatic heterocycles. The normalized spacial score (nSPS) is 29.2. The van der Waals surface area contributed by atoms with Gasteiger partial charge in [-0.2, -0.15) is 0 Å². The molecule has 4 saturated carbocycles. The van der Waals surface area contributed by atoms with E-state index < -0.39 is 5.97 Å². The SMILES string of the molecule is CCOCCCN(Cc1nc(C(=O)OCC)cs1)C(=O)C12CC3CC(CC(C3)C1)C2. The molecule has 6 nitrogen and oxygen atoms in total. The third-order valence-corrected chi connectivity index (χ3v) is 7.90. The average Bonchev–Trinajstić information content (AvgIpc) is 3.18. The van der Waals surface area contributed by atoms with E-state index in [-0.39, 0.29) is 5.41 Å². The first-order valence-electron chi connectivity index (χ1n) is 11.5. The Kier molecular flexibility index (Phi) is 6.78. The first-order valence-corrected chi connectivity index (χ1v) is 12.4. The van der Waals surface area contributed by atoms with E-state index in [0.717, 1.165) is 48.4 Å². The Morgan fingerprint density at radius 2 is 1.80 bits per heavy atom. The molecule has 4 aliphatic carbocycles. The highest BCUT2D eigenvalue weighted by Crippen LogP contribution is 2.60. The Hall–Kier alpha value is -1.47. The van der Waals surface area contributed by atoms with Crippen LogP contribution in [0.3, 0.4) is 0 Å². The van der Waals surface area contributed by atoms with E-state index in [1.807, 2.05) is 11.8 Å². The van der Waals surface area contributed by atoms with E-state index in [9.17, 15) is 9.59 Å². The van der Waals surface area contributed by atoms with Gasteiger partial charge in [-0.3, -0.25) is 4.79 Å². The molecule has 7 heteroatoms. The fourth-order valence-electron chi connectivity index (χ4n) is 6.31. The van der Waals surface area contributed by atoms with Gasteiger partial charge in [-0.25, -0.2) is 9.78 Å². The lowest BCUT2D eigenvalue weighted by Gasteiger charge is -2.56. The summed E-state index contributed by atoms with van der Waals surface area (Å²) in [6, 6.07) is 0. The van der Waals surface area contributed by atoms with Crippen LogP contribution in [0.5, 0.6) is 0 Å². The Morgan fingerprint density at radius 3 is 2.40 bits per heavy atom. The average molecular weight is 435 g/mol. The summed E-state index contributed by atoms with van der Waals surface area (Å²) in [4.78, 5) is 32.3. The second-order valence-corrected chi connectivity index (χ2v) is 10.3. The van der Waals surface area contributed by atoms with Crippen LogP contribution in [0.15, 0.2) is 5.38 Å². The molecule has 30 heavy (non-hydrogen) atoms. The number of aromatic nitrogens is 1. The maximum Gasteiger partial charge on any atom is 0.357 e. The van der Waals surface area contributed by atoms with E-state index in [1.165, 1.54) is 30.6 Å². The molecule has 0 atom stereocenters. The maximum absolute atomic E-state index is 13.9. The number of esters is 1. The van der Waals surface area contributed by atoms with Crippen LogP contribution in [-0.2, 0) is 20.8 Å². The van der Waals surface area contributed by atoms with Gasteiger partial charge in [0.25, 0.3) is 0 Å². The summed E-state index contributed by atoms with van der Waals surface area (Å²) in [5, 5.41) is 2.54. The van der Waals surface area contributed by atoms with Gasteiger partial charge < -0.3 is 14.4 Å². The van der Waals surface area contributed by atoms with Gasteiger partial charge in [-0.05, 0) is 76.5 Å². The smallest absolute Gasteiger partial charge is 0.357 e. The highest BCUT2D eigenvalue weighted by Gasteiger charge is 2.55. The number of hydrogen-bond donors (Lipinski definition) is 0. The molecule has 4 fully saturated rings. The minimum atomic E-state index is -0.393. The fourth-order valence-corrected chi connectivity index (χ4v) is 7.09. The predicted octanol–water partition coefficient (Wildman–Crippen LogP) is 4.29. The highest BCUT2D eigenvalue weighted by molar-refractivity contribution is 7.09. The molecule has 1 amide bonds. The van der Waals surface area contributed by atoms with E-state index in [4.69, 9.17) is 9.47 Å². The van der Waals surface area contributed by atoms with Crippen LogP contribution in [0.1, 0.15) is 74.3 Å². The quantitative estimate of drug-likeness (QED) is 0.406. The van der Waals surface area contributed by atoms with Gasteiger partial charge in [0.15, 0.2) is 5.69 Å². The van der Waals surface area contributed by atoms with Gasteiger partial charge in [-0.15, -0.1) is 11.3 Å². The van der Waals surface area contributed by atoms with Crippen molar-refractivity contribution in [3.8, 4) is 0 Å². The molecule has 0 spiro atoms. The Bertz CT molecular complexity index is 727. The molecule has 4 bridgehead atoms. The molecule has 0 aromatic carbocycles. The number of thiazole rings is 1. The third kappa shape index (κ3) is 4.57. The lowest BCUT2D eigenvalue weighted by molar-refractivity contribution is -0.158. The first kappa shape index (κ1) is 21.8. The minimum absolute atomic E-state index is 0.165. The summed E-state index contributed by atoms with van der Waals surface area (Å²) >= 11 is 1.43. The zero-order chi connectivity index (χ0) is 21.1. The van der Waals surface area contributed by atoms with E-state index in [0.29, 0.717) is 44.5 Å². The second-order valence-electron chi connectivity index (χ2n) is 9.32. The third-order valence-electron chi connectivity index (χ3n) is 7.06. The van der Waals surface area contributed by atoms with Crippen LogP contribution >= 0.6 is 11.3 Å². The summed E-state index contributed by atoms with van der Waals surface area (Å²) in [7, 11) is 0. The van der Waals surface area contributed by atoms with Crippen molar-refractivity contribution >= 4 is 23.2 Å². The van der Waals surface area contributed by atoms with Crippen LogP contribution in [-0.4, -0.2) is 48.1 Å². The van der Waals surface area contributed by atoms with Crippen molar-refractivity contribution < 1.29 is 19.1 Å². The van der Waals surface area contributed by atoms with Gasteiger partial charge in [0.2, 0.25) is 5.91 Å². The van der Waals surface area contributed by atoms with Crippen molar-refractivity contribution in [2.45, 2.75) is 65.3 Å². The van der Waals surface area contributed by atoms with Gasteiger partial charge in [0, 0.05) is 25.1 Å². The maximum atomic E-state index is 13.9. The zero-order valence-corrected chi connectivity index (χ0v) is 19.0. The molecule has 1 aromatic rings. The molecular weight excluding hydrogens is 400 g/mol. The Morgan fingerprint density at radius 1 is 1.13 bits per heavy atom. The number of ether oxygens (including phenoxy) is 2. The summed E-state index contributed by atoms with van der Waals surface area (Å²) in [6.45, 7) is 6.61. The van der Waals surface area contributed by atoms with Crippen molar-refractivity contribution in [1.29, 1.82) is 0 Å². The molecule has 1 heterocycles. The molecule has 5 rings (SSSR count). The van der Waals surface area contributed by atoms with Crippen LogP contribution in [0.4, 0.5) is 0 Å². The number of hydrogen-bond acceptors (Lipinski definition) is 6. The first-order chi connectivity index (χ1) is 14.5. The van der Waals surface area contributed by atoms with Gasteiger partial charge in [0.1, 0.15) is 5.01 Å². The number of carbonyl (C=O) groups is 2. The standard InChI is InChI=1S/C23H34N2O4S/c1-3-28-7-5-6-25(14-20-24-19(15-30-20)21(26)29-4-2)22(27)23-11-16-8-17(12-23)10-18(9-16)13-23/h15-18H,3-14H2,1-2H3. The topological polar surface area (TPSA) is 68.7 Å². The van der Waals surface area contributed by atoms with Crippen LogP contribution in [0, 0.1) is 23.2 Å². The van der Waals surface area contributed by atoms with Crippen LogP contribution < -0.4 is 0 Å². The van der Waals surface area contributed by atoms with Crippen molar-refractivity contribution in [3.05, 3.63) is 16.1 Å². The van der Waals surface area contributed by atoms with Gasteiger partial charge >= 0.3 is 5.97 Å². The summed E-state index contributed by atoms with van der Waals surface area (Å²) in [6.07, 6.45) is 7.98. The van der Waals surface area contributed by atoms with Gasteiger partial charge in [-0.1, -0.05) is 0 Å². The number of carbonyl (C=O) groups excluding carboxylic acids is 2. The van der Waals surface area contributed by atoms with Crippen molar-refractivity contribution in [1.82, 2.24) is 9.88 Å². The molecule has 0 unspecified atom stereocenters. The summed E-state index contributed by atoms with van der Waals surface area (Å²) in [5.41, 5.74) is 0.176. The minimum Gasteiger partial charge on any atom is -0.461 e. The number of rotatable bonds is 10. The molecule has 166 valence electrons. The van der Waals surface area contributed by atoms with Crippen molar-refractivity contribution in [2.75, 3.05) is 26.4 Å². The molecular formula is C23H34N2O4S. The van der Waals surface area contributed by atoms with Crippen molar-refractivity contribution in [3.63, 3.8) is 0 Å². The van der Waals surface area contributed by atoms with E-state index in [2.05, 4.69) is 4.98 Å². The van der Waals surface area contributed by atoms with Crippen molar-refractivity contribution in [2.24, 2.45) is 23.2 Å². The largest absolute Gasteiger partial charge is 0.461 e. The molecule has 1 aromatic heterocycles. The lowest BCUT2D eigenvalue weighted by atomic mass is 9.49. The number of amides is 1. The Labute approximate surface area is 183 Å². The van der Waals surface area contributed by atoms with Gasteiger partial charge in [0.05, 0.1) is 18.6 Å². The van der Waals surface area contributed by atoms with Crippen LogP contribution in [0.2, 0.25) is 0 Å². The lowest BCUT2D eigenvalue weighted by Crippen LogP contribution is -2.54. The second kappa shape index (κ2) is 9.35. The van der Waals surface area contributed by atoms with E-state index >= 15 is 0 Å². The summed E-state index contributed by atoms with van der Waals surface area (Å²) < 4.78 is 10.6. The number of nitrogens with zero attached hydrogens (tertiary/aromatic N) is 2. The molecule has 0 N–H and O–H groups in total. The molecule has 0 radical (unpaired) electrons. The van der Waals surface area contributed by atoms with Crippen LogP contribution in [0.25, 0.3) is 0 Å². The Balaban J connectivity index is 1.48. The zero-order valence-electron chi connectivity index (χ0n) is 18.2. The highest BCUT2D eigenvalue weighted by atomic mass is 32.1.